The normalized spacial score (nSPS) is 20.3. The Labute approximate surface area is 110 Å². The number of nitrogens with zero attached hydrogens (tertiary/aromatic N) is 3. The molecule has 0 radical (unpaired) electrons. The van der Waals surface area contributed by atoms with Gasteiger partial charge in [-0.3, -0.25) is 4.79 Å². The highest BCUT2D eigenvalue weighted by atomic mass is 79.9. The highest BCUT2D eigenvalue weighted by Gasteiger charge is 2.26. The van der Waals surface area contributed by atoms with Crippen molar-refractivity contribution >= 4 is 21.8 Å². The molecule has 4 nitrogen and oxygen atoms in total. The molecule has 17 heavy (non-hydrogen) atoms. The molecule has 1 aromatic rings. The van der Waals surface area contributed by atoms with Crippen molar-refractivity contribution < 1.29 is 4.79 Å². The van der Waals surface area contributed by atoms with Crippen LogP contribution in [-0.2, 0) is 0 Å². The van der Waals surface area contributed by atoms with Crippen molar-refractivity contribution in [3.63, 3.8) is 0 Å². The van der Waals surface area contributed by atoms with E-state index in [1.54, 1.807) is 12.4 Å². The van der Waals surface area contributed by atoms with Gasteiger partial charge in [-0.15, -0.1) is 0 Å². The standard InChI is InChI=1S/C12H16BrN3O/c13-5-4-11-3-1-2-6-16(11)12(17)10-7-14-9-15-8-10/h7-9,11H,1-6H2. The molecule has 1 aliphatic rings. The van der Waals surface area contributed by atoms with Crippen molar-refractivity contribution in [1.82, 2.24) is 14.9 Å². The molecule has 1 aliphatic heterocycles. The quantitative estimate of drug-likeness (QED) is 0.804. The maximum Gasteiger partial charge on any atom is 0.257 e. The largest absolute Gasteiger partial charge is 0.336 e. The van der Waals surface area contributed by atoms with Crippen molar-refractivity contribution in [1.29, 1.82) is 0 Å². The summed E-state index contributed by atoms with van der Waals surface area (Å²) < 4.78 is 0. The van der Waals surface area contributed by atoms with E-state index in [2.05, 4.69) is 25.9 Å². The lowest BCUT2D eigenvalue weighted by molar-refractivity contribution is 0.0609. The van der Waals surface area contributed by atoms with Gasteiger partial charge in [0.25, 0.3) is 5.91 Å². The van der Waals surface area contributed by atoms with E-state index in [-0.39, 0.29) is 5.91 Å². The predicted octanol–water partition coefficient (Wildman–Crippen LogP) is 2.26. The first-order valence-electron chi connectivity index (χ1n) is 5.95. The average molecular weight is 298 g/mol. The van der Waals surface area contributed by atoms with Crippen LogP contribution in [0.2, 0.25) is 0 Å². The molecule has 0 bridgehead atoms. The molecular formula is C12H16BrN3O. The predicted molar refractivity (Wildman–Crippen MR) is 69.1 cm³/mol. The van der Waals surface area contributed by atoms with Crippen LogP contribution in [0.4, 0.5) is 0 Å². The number of hydrogen-bond acceptors (Lipinski definition) is 3. The Kier molecular flexibility index (Phi) is 4.48. The second kappa shape index (κ2) is 6.10. The zero-order valence-electron chi connectivity index (χ0n) is 9.68. The number of likely N-dealkylation sites (tertiary alicyclic amines) is 1. The first-order chi connectivity index (χ1) is 8.33. The minimum Gasteiger partial charge on any atom is -0.336 e. The number of piperidine rings is 1. The summed E-state index contributed by atoms with van der Waals surface area (Å²) in [5.74, 6) is 0.0660. The topological polar surface area (TPSA) is 46.1 Å². The number of alkyl halides is 1. The molecule has 1 aromatic heterocycles. The Morgan fingerprint density at radius 3 is 2.88 bits per heavy atom. The van der Waals surface area contributed by atoms with Crippen molar-refractivity contribution in [2.45, 2.75) is 31.7 Å². The van der Waals surface area contributed by atoms with Gasteiger partial charge >= 0.3 is 0 Å². The zero-order valence-corrected chi connectivity index (χ0v) is 11.3. The van der Waals surface area contributed by atoms with E-state index in [0.29, 0.717) is 11.6 Å². The van der Waals surface area contributed by atoms with E-state index in [0.717, 1.165) is 31.1 Å². The fourth-order valence-electron chi connectivity index (χ4n) is 2.27. The third kappa shape index (κ3) is 3.03. The number of carbonyl (C=O) groups excluding carboxylic acids is 1. The van der Waals surface area contributed by atoms with Crippen LogP contribution in [0, 0.1) is 0 Å². The number of halogens is 1. The lowest BCUT2D eigenvalue weighted by Gasteiger charge is -2.35. The summed E-state index contributed by atoms with van der Waals surface area (Å²) in [6.45, 7) is 0.853. The van der Waals surface area contributed by atoms with E-state index in [9.17, 15) is 4.79 Å². The van der Waals surface area contributed by atoms with Crippen LogP contribution in [0.25, 0.3) is 0 Å². The Bertz CT molecular complexity index is 369. The number of aromatic nitrogens is 2. The van der Waals surface area contributed by atoms with Gasteiger partial charge in [-0.1, -0.05) is 15.9 Å². The lowest BCUT2D eigenvalue weighted by Crippen LogP contribution is -2.44. The molecule has 5 heteroatoms. The Balaban J connectivity index is 2.11. The van der Waals surface area contributed by atoms with Crippen LogP contribution in [0.1, 0.15) is 36.0 Å². The number of carbonyl (C=O) groups is 1. The van der Waals surface area contributed by atoms with Gasteiger partial charge in [0, 0.05) is 30.3 Å². The molecule has 1 atom stereocenters. The summed E-state index contributed by atoms with van der Waals surface area (Å²) in [6, 6.07) is 0.357. The molecule has 0 aromatic carbocycles. The molecule has 0 saturated carbocycles. The van der Waals surface area contributed by atoms with Gasteiger partial charge in [0.05, 0.1) is 5.56 Å². The van der Waals surface area contributed by atoms with Crippen LogP contribution in [0.3, 0.4) is 0 Å². The van der Waals surface area contributed by atoms with Gasteiger partial charge in [-0.25, -0.2) is 9.97 Å². The summed E-state index contributed by atoms with van der Waals surface area (Å²) in [6.07, 6.45) is 9.06. The third-order valence-electron chi connectivity index (χ3n) is 3.14. The van der Waals surface area contributed by atoms with Crippen LogP contribution < -0.4 is 0 Å². The Morgan fingerprint density at radius 2 is 2.18 bits per heavy atom. The molecule has 0 spiro atoms. The first-order valence-corrected chi connectivity index (χ1v) is 7.07. The van der Waals surface area contributed by atoms with Crippen LogP contribution in [0.15, 0.2) is 18.7 Å². The van der Waals surface area contributed by atoms with E-state index in [1.165, 1.54) is 12.7 Å². The molecule has 1 fully saturated rings. The smallest absolute Gasteiger partial charge is 0.257 e. The van der Waals surface area contributed by atoms with E-state index >= 15 is 0 Å². The number of amides is 1. The SMILES string of the molecule is O=C(c1cncnc1)N1CCCCC1CCBr. The average Bonchev–Trinajstić information content (AvgIpc) is 2.40. The molecule has 0 aliphatic carbocycles. The first kappa shape index (κ1) is 12.5. The van der Waals surface area contributed by atoms with Crippen LogP contribution in [-0.4, -0.2) is 38.7 Å². The third-order valence-corrected chi connectivity index (χ3v) is 3.60. The lowest BCUT2D eigenvalue weighted by atomic mass is 9.99. The van der Waals surface area contributed by atoms with Gasteiger partial charge in [-0.05, 0) is 25.7 Å². The number of rotatable bonds is 3. The van der Waals surface area contributed by atoms with Crippen LogP contribution in [0.5, 0.6) is 0 Å². The molecule has 2 rings (SSSR count). The van der Waals surface area contributed by atoms with Crippen molar-refractivity contribution in [3.8, 4) is 0 Å². The fourth-order valence-corrected chi connectivity index (χ4v) is 2.80. The second-order valence-electron chi connectivity index (χ2n) is 4.25. The minimum atomic E-state index is 0.0660. The highest BCUT2D eigenvalue weighted by Crippen LogP contribution is 2.22. The van der Waals surface area contributed by atoms with Gasteiger partial charge in [0.2, 0.25) is 0 Å². The maximum atomic E-state index is 12.3. The molecule has 0 N–H and O–H groups in total. The van der Waals surface area contributed by atoms with Crippen molar-refractivity contribution in [2.24, 2.45) is 0 Å². The van der Waals surface area contributed by atoms with Gasteiger partial charge in [0.15, 0.2) is 0 Å². The monoisotopic (exact) mass is 297 g/mol. The molecule has 1 unspecified atom stereocenters. The summed E-state index contributed by atoms with van der Waals surface area (Å²) in [4.78, 5) is 22.1. The Morgan fingerprint density at radius 1 is 1.41 bits per heavy atom. The molecule has 92 valence electrons. The van der Waals surface area contributed by atoms with Crippen LogP contribution >= 0.6 is 15.9 Å². The van der Waals surface area contributed by atoms with E-state index < -0.39 is 0 Å². The van der Waals surface area contributed by atoms with Crippen molar-refractivity contribution in [3.05, 3.63) is 24.3 Å². The van der Waals surface area contributed by atoms with Gasteiger partial charge < -0.3 is 4.90 Å². The molecule has 2 heterocycles. The van der Waals surface area contributed by atoms with Crippen molar-refractivity contribution in [2.75, 3.05) is 11.9 Å². The summed E-state index contributed by atoms with van der Waals surface area (Å²) >= 11 is 3.46. The summed E-state index contributed by atoms with van der Waals surface area (Å²) in [5, 5.41) is 0.937. The van der Waals surface area contributed by atoms with Gasteiger partial charge in [-0.2, -0.15) is 0 Å². The maximum absolute atomic E-state index is 12.3. The van der Waals surface area contributed by atoms with E-state index in [1.807, 2.05) is 4.90 Å². The zero-order chi connectivity index (χ0) is 12.1. The minimum absolute atomic E-state index is 0.0660. The fraction of sp³-hybridized carbons (Fsp3) is 0.583. The second-order valence-corrected chi connectivity index (χ2v) is 5.05. The molecule has 1 amide bonds. The Hall–Kier alpha value is -0.970. The molecule has 1 saturated heterocycles. The highest BCUT2D eigenvalue weighted by molar-refractivity contribution is 9.09. The number of hydrogen-bond donors (Lipinski definition) is 0. The molecular weight excluding hydrogens is 282 g/mol. The summed E-state index contributed by atoms with van der Waals surface area (Å²) in [5.41, 5.74) is 0.592. The van der Waals surface area contributed by atoms with E-state index in [4.69, 9.17) is 0 Å². The summed E-state index contributed by atoms with van der Waals surface area (Å²) in [7, 11) is 0. The van der Waals surface area contributed by atoms with Gasteiger partial charge in [0.1, 0.15) is 6.33 Å².